The second-order valence-corrected chi connectivity index (χ2v) is 6.07. The SMILES string of the molecule is C=CSN(C)c1c2c(cc3c1CCC3)CCC2. The van der Waals surface area contributed by atoms with Crippen molar-refractivity contribution in [1.29, 1.82) is 0 Å². The van der Waals surface area contributed by atoms with Crippen LogP contribution < -0.4 is 4.31 Å². The molecule has 1 nitrogen and oxygen atoms in total. The van der Waals surface area contributed by atoms with E-state index >= 15 is 0 Å². The Labute approximate surface area is 108 Å². The Bertz CT molecular complexity index is 432. The van der Waals surface area contributed by atoms with Crippen LogP contribution in [-0.2, 0) is 25.7 Å². The smallest absolute Gasteiger partial charge is 0.0539 e. The minimum Gasteiger partial charge on any atom is -0.315 e. The predicted octanol–water partition coefficient (Wildman–Crippen LogP) is 3.89. The lowest BCUT2D eigenvalue weighted by atomic mass is 9.99. The van der Waals surface area contributed by atoms with Gasteiger partial charge >= 0.3 is 0 Å². The molecular weight excluding hydrogens is 226 g/mol. The first-order valence-corrected chi connectivity index (χ1v) is 7.33. The summed E-state index contributed by atoms with van der Waals surface area (Å²) < 4.78 is 2.32. The summed E-state index contributed by atoms with van der Waals surface area (Å²) in [5.74, 6) is 0. The Kier molecular flexibility index (Phi) is 2.91. The van der Waals surface area contributed by atoms with Crippen LogP contribution in [0.25, 0.3) is 0 Å². The number of fused-ring (bicyclic) bond motifs is 2. The van der Waals surface area contributed by atoms with Crippen LogP contribution in [0.3, 0.4) is 0 Å². The van der Waals surface area contributed by atoms with Crippen molar-refractivity contribution in [3.05, 3.63) is 40.3 Å². The maximum Gasteiger partial charge on any atom is 0.0539 e. The van der Waals surface area contributed by atoms with E-state index in [9.17, 15) is 0 Å². The van der Waals surface area contributed by atoms with Gasteiger partial charge in [0, 0.05) is 7.05 Å². The minimum atomic E-state index is 1.26. The maximum absolute atomic E-state index is 3.83. The van der Waals surface area contributed by atoms with Crippen LogP contribution in [0.2, 0.25) is 0 Å². The van der Waals surface area contributed by atoms with Gasteiger partial charge in [-0.25, -0.2) is 0 Å². The van der Waals surface area contributed by atoms with E-state index in [0.717, 1.165) is 0 Å². The lowest BCUT2D eigenvalue weighted by Crippen LogP contribution is -2.11. The fraction of sp³-hybridized carbons (Fsp3) is 0.467. The third kappa shape index (κ3) is 1.79. The molecule has 17 heavy (non-hydrogen) atoms. The van der Waals surface area contributed by atoms with Gasteiger partial charge in [0.15, 0.2) is 0 Å². The zero-order chi connectivity index (χ0) is 11.8. The van der Waals surface area contributed by atoms with E-state index in [1.54, 1.807) is 34.2 Å². The molecule has 0 fully saturated rings. The zero-order valence-corrected chi connectivity index (χ0v) is 11.3. The van der Waals surface area contributed by atoms with Gasteiger partial charge in [0.05, 0.1) is 5.69 Å². The van der Waals surface area contributed by atoms with Crippen molar-refractivity contribution in [2.45, 2.75) is 38.5 Å². The summed E-state index contributed by atoms with van der Waals surface area (Å²) in [6.07, 6.45) is 7.75. The van der Waals surface area contributed by atoms with Crippen molar-refractivity contribution in [3.63, 3.8) is 0 Å². The lowest BCUT2D eigenvalue weighted by Gasteiger charge is -2.23. The number of rotatable bonds is 3. The Hall–Kier alpha value is -0.890. The van der Waals surface area contributed by atoms with Crippen molar-refractivity contribution >= 4 is 17.6 Å². The van der Waals surface area contributed by atoms with Gasteiger partial charge in [-0.3, -0.25) is 0 Å². The van der Waals surface area contributed by atoms with Gasteiger partial charge in [0.25, 0.3) is 0 Å². The van der Waals surface area contributed by atoms with Gasteiger partial charge < -0.3 is 4.31 Å². The molecule has 2 aliphatic rings. The van der Waals surface area contributed by atoms with E-state index in [1.165, 1.54) is 44.2 Å². The summed E-state index contributed by atoms with van der Waals surface area (Å²) in [4.78, 5) is 0. The van der Waals surface area contributed by atoms with Crippen LogP contribution in [0.5, 0.6) is 0 Å². The Morgan fingerprint density at radius 2 is 1.71 bits per heavy atom. The van der Waals surface area contributed by atoms with E-state index < -0.39 is 0 Å². The molecule has 0 saturated carbocycles. The Morgan fingerprint density at radius 3 is 2.24 bits per heavy atom. The van der Waals surface area contributed by atoms with Crippen LogP contribution in [0.4, 0.5) is 5.69 Å². The van der Waals surface area contributed by atoms with Crippen molar-refractivity contribution in [1.82, 2.24) is 0 Å². The van der Waals surface area contributed by atoms with Gasteiger partial charge in [0.1, 0.15) is 0 Å². The van der Waals surface area contributed by atoms with Gasteiger partial charge in [-0.1, -0.05) is 12.6 Å². The normalized spacial score (nSPS) is 16.8. The molecule has 1 aromatic carbocycles. The molecule has 0 unspecified atom stereocenters. The molecule has 2 aliphatic carbocycles. The van der Waals surface area contributed by atoms with Gasteiger partial charge in [-0.2, -0.15) is 0 Å². The quantitative estimate of drug-likeness (QED) is 0.743. The summed E-state index contributed by atoms with van der Waals surface area (Å²) in [6, 6.07) is 2.49. The van der Waals surface area contributed by atoms with Crippen molar-refractivity contribution in [2.24, 2.45) is 0 Å². The third-order valence-corrected chi connectivity index (χ3v) is 4.64. The third-order valence-electron chi connectivity index (χ3n) is 3.99. The first kappa shape index (κ1) is 11.2. The topological polar surface area (TPSA) is 3.24 Å². The molecule has 0 aliphatic heterocycles. The molecule has 1 aromatic rings. The molecule has 0 saturated heterocycles. The average Bonchev–Trinajstić information content (AvgIpc) is 2.92. The predicted molar refractivity (Wildman–Crippen MR) is 76.7 cm³/mol. The molecule has 0 heterocycles. The van der Waals surface area contributed by atoms with E-state index in [1.807, 2.05) is 5.41 Å². The van der Waals surface area contributed by atoms with Crippen molar-refractivity contribution in [2.75, 3.05) is 11.4 Å². The van der Waals surface area contributed by atoms with E-state index in [0.29, 0.717) is 0 Å². The van der Waals surface area contributed by atoms with E-state index in [2.05, 4.69) is 24.0 Å². The summed E-state index contributed by atoms with van der Waals surface area (Å²) in [5, 5.41) is 1.93. The molecule has 0 aromatic heterocycles. The summed E-state index contributed by atoms with van der Waals surface area (Å²) in [7, 11) is 2.18. The molecular formula is C15H19NS. The van der Waals surface area contributed by atoms with Crippen molar-refractivity contribution in [3.8, 4) is 0 Å². The second kappa shape index (κ2) is 4.41. The number of hydrogen-bond acceptors (Lipinski definition) is 2. The molecule has 2 heteroatoms. The fourth-order valence-electron chi connectivity index (χ4n) is 3.33. The van der Waals surface area contributed by atoms with Gasteiger partial charge in [-0.15, -0.1) is 0 Å². The monoisotopic (exact) mass is 245 g/mol. The summed E-state index contributed by atoms with van der Waals surface area (Å²) in [5.41, 5.74) is 7.96. The summed E-state index contributed by atoms with van der Waals surface area (Å²) >= 11 is 1.71. The molecule has 0 bridgehead atoms. The van der Waals surface area contributed by atoms with Gasteiger partial charge in [-0.05, 0) is 78.1 Å². The highest BCUT2D eigenvalue weighted by molar-refractivity contribution is 8.03. The number of nitrogens with zero attached hydrogens (tertiary/aromatic N) is 1. The number of anilines is 1. The molecule has 90 valence electrons. The Morgan fingerprint density at radius 1 is 1.12 bits per heavy atom. The number of aryl methyl sites for hydroxylation is 2. The van der Waals surface area contributed by atoms with Crippen LogP contribution in [0, 0.1) is 0 Å². The van der Waals surface area contributed by atoms with E-state index in [4.69, 9.17) is 0 Å². The lowest BCUT2D eigenvalue weighted by molar-refractivity contribution is 0.896. The van der Waals surface area contributed by atoms with Crippen molar-refractivity contribution < 1.29 is 0 Å². The highest BCUT2D eigenvalue weighted by Crippen LogP contribution is 2.41. The van der Waals surface area contributed by atoms with Crippen LogP contribution in [-0.4, -0.2) is 7.05 Å². The molecule has 0 N–H and O–H groups in total. The van der Waals surface area contributed by atoms with Gasteiger partial charge in [0.2, 0.25) is 0 Å². The van der Waals surface area contributed by atoms with Crippen LogP contribution in [0.15, 0.2) is 18.1 Å². The largest absolute Gasteiger partial charge is 0.315 e. The first-order chi connectivity index (χ1) is 8.31. The van der Waals surface area contributed by atoms with E-state index in [-0.39, 0.29) is 0 Å². The van der Waals surface area contributed by atoms with Crippen LogP contribution >= 0.6 is 11.9 Å². The minimum absolute atomic E-state index is 1.26. The summed E-state index contributed by atoms with van der Waals surface area (Å²) in [6.45, 7) is 3.83. The molecule has 0 radical (unpaired) electrons. The number of hydrogen-bond donors (Lipinski definition) is 0. The standard InChI is InChI=1S/C15H19NS/c1-3-17-16(2)15-13-8-4-6-11(13)10-12-7-5-9-14(12)15/h3,10H,1,4-9H2,2H3. The molecule has 0 amide bonds. The van der Waals surface area contributed by atoms with Crippen LogP contribution in [0.1, 0.15) is 35.1 Å². The average molecular weight is 245 g/mol. The molecule has 0 spiro atoms. The fourth-order valence-corrected chi connectivity index (χ4v) is 3.88. The second-order valence-electron chi connectivity index (χ2n) is 4.98. The molecule has 0 atom stereocenters. The number of benzene rings is 1. The highest BCUT2D eigenvalue weighted by Gasteiger charge is 2.25. The first-order valence-electron chi connectivity index (χ1n) is 6.49. The highest BCUT2D eigenvalue weighted by atomic mass is 32.2. The molecule has 3 rings (SSSR count). The maximum atomic E-state index is 3.83. The zero-order valence-electron chi connectivity index (χ0n) is 10.5. The Balaban J connectivity index is 2.14.